The lowest BCUT2D eigenvalue weighted by Gasteiger charge is -2.34. The van der Waals surface area contributed by atoms with Gasteiger partial charge in [0.15, 0.2) is 5.03 Å². The molecule has 6 heterocycles. The summed E-state index contributed by atoms with van der Waals surface area (Å²) in [5.74, 6) is 1.10. The number of hydrogen-bond acceptors (Lipinski definition) is 9. The molecule has 0 spiro atoms. The van der Waals surface area contributed by atoms with Gasteiger partial charge in [-0.2, -0.15) is 8.42 Å². The van der Waals surface area contributed by atoms with Crippen LogP contribution < -0.4 is 20.3 Å². The number of carbonyl (C=O) groups excluding carboxylic acids is 1. The Morgan fingerprint density at radius 2 is 1.78 bits per heavy atom. The predicted molar refractivity (Wildman–Crippen MR) is 179 cm³/mol. The molecule has 0 aromatic carbocycles. The average Bonchev–Trinajstić information content (AvgIpc) is 3.32. The zero-order valence-electron chi connectivity index (χ0n) is 27.1. The highest BCUT2D eigenvalue weighted by Gasteiger charge is 2.42. The first kappa shape index (κ1) is 31.7. The van der Waals surface area contributed by atoms with E-state index in [0.717, 1.165) is 63.9 Å². The van der Waals surface area contributed by atoms with Gasteiger partial charge in [0, 0.05) is 34.8 Å². The molecule has 1 unspecified atom stereocenters. The van der Waals surface area contributed by atoms with Gasteiger partial charge >= 0.3 is 0 Å². The Bertz CT molecular complexity index is 1610. The van der Waals surface area contributed by atoms with Gasteiger partial charge in [0.05, 0.1) is 17.6 Å². The smallest absolute Gasteiger partial charge is 0.281 e. The number of piperidine rings is 1. The Kier molecular flexibility index (Phi) is 8.54. The molecule has 2 aromatic rings. The molecule has 45 heavy (non-hydrogen) atoms. The third-order valence-corrected chi connectivity index (χ3v) is 11.0. The van der Waals surface area contributed by atoms with Crippen LogP contribution in [0.1, 0.15) is 89.2 Å². The summed E-state index contributed by atoms with van der Waals surface area (Å²) in [7, 11) is -4.26. The zero-order chi connectivity index (χ0) is 32.0. The molecule has 2 fully saturated rings. The summed E-state index contributed by atoms with van der Waals surface area (Å²) in [5, 5.41) is 6.82. The number of nitrogens with zero attached hydrogens (tertiary/aromatic N) is 4. The molecule has 0 saturated carbocycles. The fraction of sp³-hybridized carbons (Fsp3) is 0.588. The molecule has 10 nitrogen and oxygen atoms in total. The van der Waals surface area contributed by atoms with Crippen molar-refractivity contribution in [3.8, 4) is 0 Å². The van der Waals surface area contributed by atoms with Crippen molar-refractivity contribution in [3.63, 3.8) is 0 Å². The van der Waals surface area contributed by atoms with Crippen molar-refractivity contribution in [3.05, 3.63) is 53.7 Å². The maximum Gasteiger partial charge on any atom is 0.281 e. The molecule has 3 N–H and O–H groups in total. The van der Waals surface area contributed by atoms with E-state index in [4.69, 9.17) is 9.98 Å². The van der Waals surface area contributed by atoms with Crippen LogP contribution in [0.5, 0.6) is 0 Å². The fourth-order valence-corrected chi connectivity index (χ4v) is 8.21. The van der Waals surface area contributed by atoms with Crippen molar-refractivity contribution in [2.24, 2.45) is 16.8 Å². The molecule has 4 aliphatic heterocycles. The molecule has 4 bridgehead atoms. The van der Waals surface area contributed by atoms with Crippen molar-refractivity contribution < 1.29 is 13.2 Å². The summed E-state index contributed by atoms with van der Waals surface area (Å²) in [4.78, 5) is 30.7. The van der Waals surface area contributed by atoms with Gasteiger partial charge in [-0.1, -0.05) is 32.9 Å². The summed E-state index contributed by atoms with van der Waals surface area (Å²) >= 11 is 0. The van der Waals surface area contributed by atoms with Crippen LogP contribution in [-0.4, -0.2) is 67.3 Å². The number of rotatable bonds is 2. The highest BCUT2D eigenvalue weighted by atomic mass is 32.2. The van der Waals surface area contributed by atoms with Gasteiger partial charge < -0.3 is 15.5 Å². The molecule has 6 rings (SSSR count). The number of anilines is 2. The molecule has 11 heteroatoms. The van der Waals surface area contributed by atoms with Crippen molar-refractivity contribution in [2.45, 2.75) is 101 Å². The van der Waals surface area contributed by atoms with Crippen LogP contribution in [0, 0.1) is 11.8 Å². The number of carbonyl (C=O) groups is 1. The van der Waals surface area contributed by atoms with E-state index in [1.807, 2.05) is 6.07 Å². The molecule has 0 radical (unpaired) electrons. The van der Waals surface area contributed by atoms with Crippen LogP contribution in [0.2, 0.25) is 0 Å². The van der Waals surface area contributed by atoms with Crippen molar-refractivity contribution >= 4 is 33.3 Å². The van der Waals surface area contributed by atoms with E-state index in [-0.39, 0.29) is 33.6 Å². The first-order chi connectivity index (χ1) is 21.3. The second-order valence-corrected chi connectivity index (χ2v) is 16.3. The quantitative estimate of drug-likeness (QED) is 0.429. The molecule has 2 saturated heterocycles. The van der Waals surface area contributed by atoms with Crippen molar-refractivity contribution in [2.75, 3.05) is 29.9 Å². The van der Waals surface area contributed by atoms with Gasteiger partial charge in [-0.3, -0.25) is 9.79 Å². The topological polar surface area (TPSA) is 129 Å². The number of hydrogen-bond donors (Lipinski definition) is 3. The number of amides is 1. The average molecular weight is 634 g/mol. The normalized spacial score (nSPS) is 27.0. The van der Waals surface area contributed by atoms with Gasteiger partial charge in [-0.25, -0.2) is 14.7 Å². The maximum atomic E-state index is 13.7. The molecule has 0 aliphatic carbocycles. The number of fused-ring (bicyclic) bond motifs is 6. The molecule has 4 aliphatic rings. The third-order valence-electron chi connectivity index (χ3n) is 9.75. The first-order valence-electron chi connectivity index (χ1n) is 16.3. The largest absolute Gasteiger partial charge is 0.365 e. The second kappa shape index (κ2) is 12.1. The molecule has 2 aromatic heterocycles. The van der Waals surface area contributed by atoms with E-state index in [1.165, 1.54) is 11.8 Å². The highest BCUT2D eigenvalue weighted by molar-refractivity contribution is 7.90. The molecule has 3 atom stereocenters. The Morgan fingerprint density at radius 1 is 1.00 bits per heavy atom. The van der Waals surface area contributed by atoms with Crippen LogP contribution in [0.15, 0.2) is 52.5 Å². The Balaban J connectivity index is 1.39. The summed E-state index contributed by atoms with van der Waals surface area (Å²) < 4.78 is 29.4. The summed E-state index contributed by atoms with van der Waals surface area (Å²) in [6.45, 7) is 13.4. The van der Waals surface area contributed by atoms with Crippen LogP contribution in [0.3, 0.4) is 0 Å². The minimum atomic E-state index is -4.26. The number of aliphatic imine (C=N–C) groups is 1. The van der Waals surface area contributed by atoms with Crippen LogP contribution >= 0.6 is 0 Å². The predicted octanol–water partition coefficient (Wildman–Crippen LogP) is 4.84. The Hall–Kier alpha value is -3.31. The summed E-state index contributed by atoms with van der Waals surface area (Å²) in [6, 6.07) is 8.38. The van der Waals surface area contributed by atoms with Gasteiger partial charge in [0.1, 0.15) is 11.6 Å². The monoisotopic (exact) mass is 633 g/mol. The lowest BCUT2D eigenvalue weighted by atomic mass is 9.87. The van der Waals surface area contributed by atoms with Gasteiger partial charge in [-0.15, -0.1) is 0 Å². The number of aromatic nitrogens is 2. The highest BCUT2D eigenvalue weighted by Crippen LogP contribution is 2.41. The van der Waals surface area contributed by atoms with Gasteiger partial charge in [0.2, 0.25) is 0 Å². The van der Waals surface area contributed by atoms with Gasteiger partial charge in [0.25, 0.3) is 15.9 Å². The number of dihydropyridines is 1. The van der Waals surface area contributed by atoms with Crippen LogP contribution in [-0.2, 0) is 15.4 Å². The van der Waals surface area contributed by atoms with Crippen molar-refractivity contribution in [1.29, 1.82) is 0 Å². The molecule has 1 amide bonds. The van der Waals surface area contributed by atoms with E-state index >= 15 is 0 Å². The lowest BCUT2D eigenvalue weighted by Crippen LogP contribution is -2.41. The van der Waals surface area contributed by atoms with E-state index in [9.17, 15) is 13.2 Å². The van der Waals surface area contributed by atoms with Gasteiger partial charge in [-0.05, 0) is 102 Å². The lowest BCUT2D eigenvalue weighted by molar-refractivity contribution is 0.0981. The Labute approximate surface area is 267 Å². The van der Waals surface area contributed by atoms with E-state index in [0.29, 0.717) is 23.5 Å². The fourth-order valence-electron chi connectivity index (χ4n) is 7.27. The minimum Gasteiger partial charge on any atom is -0.365 e. The zero-order valence-corrected chi connectivity index (χ0v) is 28.0. The van der Waals surface area contributed by atoms with E-state index in [1.54, 1.807) is 18.2 Å². The number of sulfonamides is 1. The molecule has 242 valence electrons. The Morgan fingerprint density at radius 3 is 2.53 bits per heavy atom. The van der Waals surface area contributed by atoms with Crippen molar-refractivity contribution in [1.82, 2.24) is 20.0 Å². The maximum absolute atomic E-state index is 13.7. The van der Waals surface area contributed by atoms with Crippen LogP contribution in [0.25, 0.3) is 0 Å². The SMILES string of the molecule is CC(C)(C)c1ccc2c(n1)N1C[C@@H](CC[C@H](C3CC=CC(C4CCNCC4)=N3)Nc3cccc(n3)S(=O)(=O)NC2=O)CC1(C)C. The summed E-state index contributed by atoms with van der Waals surface area (Å²) in [6.07, 6.45) is 10.2. The molecular formula is C34H47N7O3S. The third kappa shape index (κ3) is 6.79. The molecular weight excluding hydrogens is 586 g/mol. The van der Waals surface area contributed by atoms with Crippen LogP contribution in [0.4, 0.5) is 11.6 Å². The number of allylic oxidation sites excluding steroid dienone is 1. The first-order valence-corrected chi connectivity index (χ1v) is 17.8. The van der Waals surface area contributed by atoms with E-state index in [2.05, 4.69) is 72.0 Å². The van der Waals surface area contributed by atoms with E-state index < -0.39 is 15.9 Å². The summed E-state index contributed by atoms with van der Waals surface area (Å²) in [5.41, 5.74) is 1.74. The standard InChI is InChI=1S/C34H47N7O3S/c1-33(2,3)28-15-13-24-31(38-28)41-21-22(20-34(41,4)5)12-14-27(26-9-6-8-25(36-26)23-16-18-35-19-17-23)37-29-10-7-11-30(39-29)45(43,44)40-32(24)42/h6-8,10-11,13,15,22-23,26-27,35H,9,12,14,16-21H2,1-5H3,(H,37,39)(H,40,42)/t22-,26?,27+/m0/s1. The number of pyridine rings is 2. The number of nitrogens with one attached hydrogen (secondary N) is 3. The second-order valence-electron chi connectivity index (χ2n) is 14.7. The minimum absolute atomic E-state index is 0.0135.